The molecule has 2 N–H and O–H groups in total. The Kier molecular flexibility index (Phi) is 3.62. The fraction of sp³-hybridized carbons (Fsp3) is 0.286. The van der Waals surface area contributed by atoms with Crippen LogP contribution in [0.15, 0.2) is 6.33 Å². The van der Waals surface area contributed by atoms with Crippen LogP contribution in [0, 0.1) is 0 Å². The number of nitrogens with zero attached hydrogens (tertiary/aromatic N) is 2. The molecule has 7 heteroatoms. The Balaban J connectivity index is 2.99. The minimum absolute atomic E-state index is 0.0400. The highest BCUT2D eigenvalue weighted by molar-refractivity contribution is 6.34. The molecule has 1 atom stereocenters. The van der Waals surface area contributed by atoms with Gasteiger partial charge in [0.05, 0.1) is 18.1 Å². The second kappa shape index (κ2) is 4.54. The quantitative estimate of drug-likeness (QED) is 0.774. The van der Waals surface area contributed by atoms with Gasteiger partial charge in [0.25, 0.3) is 0 Å². The zero-order valence-corrected chi connectivity index (χ0v) is 8.33. The van der Waals surface area contributed by atoms with Gasteiger partial charge in [-0.15, -0.1) is 0 Å². The van der Waals surface area contributed by atoms with Crippen molar-refractivity contribution in [3.05, 3.63) is 22.2 Å². The third-order valence-corrected chi connectivity index (χ3v) is 2.09. The van der Waals surface area contributed by atoms with E-state index in [1.807, 2.05) is 0 Å². The lowest BCUT2D eigenvalue weighted by Gasteiger charge is -2.09. The fourth-order valence-corrected chi connectivity index (χ4v) is 1.46. The van der Waals surface area contributed by atoms with Crippen molar-refractivity contribution in [2.24, 2.45) is 0 Å². The van der Waals surface area contributed by atoms with Crippen LogP contribution in [0.1, 0.15) is 18.1 Å². The van der Waals surface area contributed by atoms with Crippen LogP contribution in [0.3, 0.4) is 0 Å². The first-order valence-corrected chi connectivity index (χ1v) is 4.33. The average Bonchev–Trinajstić information content (AvgIpc) is 2.01. The van der Waals surface area contributed by atoms with E-state index in [2.05, 4.69) is 9.97 Å². The van der Waals surface area contributed by atoms with Crippen LogP contribution < -0.4 is 0 Å². The molecule has 0 aliphatic rings. The monoisotopic (exact) mass is 236 g/mol. The number of aromatic nitrogens is 2. The van der Waals surface area contributed by atoms with Crippen molar-refractivity contribution in [1.82, 2.24) is 9.97 Å². The summed E-state index contributed by atoms with van der Waals surface area (Å²) >= 11 is 11.2. The van der Waals surface area contributed by atoms with E-state index in [-0.39, 0.29) is 15.9 Å². The molecule has 0 aromatic carbocycles. The summed E-state index contributed by atoms with van der Waals surface area (Å²) in [6, 6.07) is 0. The number of aliphatic carboxylic acids is 1. The molecule has 5 nitrogen and oxygen atoms in total. The summed E-state index contributed by atoms with van der Waals surface area (Å²) in [5.41, 5.74) is 0.0400. The second-order valence-corrected chi connectivity index (χ2v) is 3.20. The molecule has 0 saturated carbocycles. The molecule has 1 aromatic rings. The lowest BCUT2D eigenvalue weighted by Crippen LogP contribution is -2.07. The van der Waals surface area contributed by atoms with Crippen LogP contribution in [-0.2, 0) is 4.79 Å². The third kappa shape index (κ3) is 2.54. The number of hydrogen-bond acceptors (Lipinski definition) is 4. The van der Waals surface area contributed by atoms with Crippen molar-refractivity contribution >= 4 is 29.2 Å². The highest BCUT2D eigenvalue weighted by Crippen LogP contribution is 2.28. The van der Waals surface area contributed by atoms with E-state index in [0.29, 0.717) is 0 Å². The number of aliphatic hydroxyl groups is 1. The molecule has 0 saturated heterocycles. The predicted molar refractivity (Wildman–Crippen MR) is 49.3 cm³/mol. The van der Waals surface area contributed by atoms with E-state index in [1.165, 1.54) is 0 Å². The van der Waals surface area contributed by atoms with E-state index >= 15 is 0 Å². The van der Waals surface area contributed by atoms with Crippen molar-refractivity contribution in [3.63, 3.8) is 0 Å². The molecule has 0 aliphatic heterocycles. The minimum Gasteiger partial charge on any atom is -0.481 e. The van der Waals surface area contributed by atoms with Crippen molar-refractivity contribution < 1.29 is 15.0 Å². The maximum Gasteiger partial charge on any atom is 0.306 e. The number of carboxylic acids is 1. The van der Waals surface area contributed by atoms with E-state index in [9.17, 15) is 9.90 Å². The highest BCUT2D eigenvalue weighted by atomic mass is 35.5. The third-order valence-electron chi connectivity index (χ3n) is 1.49. The summed E-state index contributed by atoms with van der Waals surface area (Å²) in [7, 11) is 0. The summed E-state index contributed by atoms with van der Waals surface area (Å²) < 4.78 is 0. The Bertz CT molecular complexity index is 339. The Labute approximate surface area is 89.3 Å². The van der Waals surface area contributed by atoms with Crippen molar-refractivity contribution in [2.45, 2.75) is 12.5 Å². The molecule has 1 aromatic heterocycles. The molecule has 1 unspecified atom stereocenters. The van der Waals surface area contributed by atoms with Crippen LogP contribution >= 0.6 is 23.2 Å². The van der Waals surface area contributed by atoms with Gasteiger partial charge in [0.2, 0.25) is 0 Å². The summed E-state index contributed by atoms with van der Waals surface area (Å²) in [5, 5.41) is 17.8. The first-order chi connectivity index (χ1) is 6.52. The Morgan fingerprint density at radius 1 is 1.43 bits per heavy atom. The Morgan fingerprint density at radius 2 is 1.93 bits per heavy atom. The van der Waals surface area contributed by atoms with E-state index in [1.54, 1.807) is 0 Å². The van der Waals surface area contributed by atoms with Crippen molar-refractivity contribution in [3.8, 4) is 0 Å². The summed E-state index contributed by atoms with van der Waals surface area (Å²) in [6.07, 6.45) is -0.664. The van der Waals surface area contributed by atoms with Gasteiger partial charge in [-0.3, -0.25) is 4.79 Å². The molecule has 0 radical (unpaired) electrons. The van der Waals surface area contributed by atoms with Crippen LogP contribution in [0.4, 0.5) is 0 Å². The van der Waals surface area contributed by atoms with Crippen molar-refractivity contribution in [1.29, 1.82) is 0 Å². The number of halogens is 2. The van der Waals surface area contributed by atoms with Gasteiger partial charge in [-0.1, -0.05) is 23.2 Å². The van der Waals surface area contributed by atoms with E-state index in [4.69, 9.17) is 28.3 Å². The van der Waals surface area contributed by atoms with E-state index < -0.39 is 18.5 Å². The second-order valence-electron chi connectivity index (χ2n) is 2.48. The normalized spacial score (nSPS) is 12.5. The maximum absolute atomic E-state index is 10.3. The summed E-state index contributed by atoms with van der Waals surface area (Å²) in [4.78, 5) is 17.5. The molecule has 14 heavy (non-hydrogen) atoms. The van der Waals surface area contributed by atoms with Gasteiger partial charge < -0.3 is 10.2 Å². The fourth-order valence-electron chi connectivity index (χ4n) is 0.897. The minimum atomic E-state index is -1.30. The predicted octanol–water partition coefficient (Wildman–Crippen LogP) is 1.29. The zero-order valence-electron chi connectivity index (χ0n) is 6.81. The number of aliphatic hydroxyl groups excluding tert-OH is 1. The maximum atomic E-state index is 10.3. The molecule has 0 fully saturated rings. The lowest BCUT2D eigenvalue weighted by molar-refractivity contribution is -0.139. The first-order valence-electron chi connectivity index (χ1n) is 3.58. The van der Waals surface area contributed by atoms with Gasteiger partial charge in [-0.05, 0) is 0 Å². The molecule has 0 aliphatic carbocycles. The molecule has 0 amide bonds. The molecule has 0 bridgehead atoms. The van der Waals surface area contributed by atoms with Crippen LogP contribution in [0.25, 0.3) is 0 Å². The van der Waals surface area contributed by atoms with E-state index in [0.717, 1.165) is 6.33 Å². The molecular weight excluding hydrogens is 231 g/mol. The standard InChI is InChI=1S/C7H6Cl2N2O3/c8-6-5(3(12)1-4(13)14)7(9)11-2-10-6/h2-3,12H,1H2,(H,13,14). The smallest absolute Gasteiger partial charge is 0.306 e. The summed E-state index contributed by atoms with van der Waals surface area (Å²) in [5.74, 6) is -1.16. The molecule has 1 heterocycles. The van der Waals surface area contributed by atoms with Gasteiger partial charge in [0.15, 0.2) is 0 Å². The molecular formula is C7H6Cl2N2O3. The number of carbonyl (C=O) groups is 1. The number of rotatable bonds is 3. The number of hydrogen-bond donors (Lipinski definition) is 2. The van der Waals surface area contributed by atoms with Gasteiger partial charge in [-0.25, -0.2) is 9.97 Å². The van der Waals surface area contributed by atoms with Gasteiger partial charge in [0.1, 0.15) is 16.6 Å². The van der Waals surface area contributed by atoms with Gasteiger partial charge in [0, 0.05) is 0 Å². The van der Waals surface area contributed by atoms with Crippen molar-refractivity contribution in [2.75, 3.05) is 0 Å². The Hall–Kier alpha value is -0.910. The molecule has 1 rings (SSSR count). The Morgan fingerprint density at radius 3 is 2.36 bits per heavy atom. The SMILES string of the molecule is O=C(O)CC(O)c1c(Cl)ncnc1Cl. The topological polar surface area (TPSA) is 83.3 Å². The highest BCUT2D eigenvalue weighted by Gasteiger charge is 2.19. The zero-order chi connectivity index (χ0) is 10.7. The average molecular weight is 237 g/mol. The van der Waals surface area contributed by atoms with Crippen LogP contribution in [0.5, 0.6) is 0 Å². The largest absolute Gasteiger partial charge is 0.481 e. The van der Waals surface area contributed by atoms with Gasteiger partial charge >= 0.3 is 5.97 Å². The van der Waals surface area contributed by atoms with Crippen LogP contribution in [0.2, 0.25) is 10.3 Å². The number of carboxylic acid groups (broad SMARTS) is 1. The first kappa shape index (κ1) is 11.2. The molecule has 0 spiro atoms. The summed E-state index contributed by atoms with van der Waals surface area (Å²) in [6.45, 7) is 0. The molecule has 76 valence electrons. The van der Waals surface area contributed by atoms with Gasteiger partial charge in [-0.2, -0.15) is 0 Å². The van der Waals surface area contributed by atoms with Crippen LogP contribution in [-0.4, -0.2) is 26.2 Å². The lowest BCUT2D eigenvalue weighted by atomic mass is 10.1.